The average molecular weight is 333 g/mol. The highest BCUT2D eigenvalue weighted by atomic mass is 16.5. The second kappa shape index (κ2) is 6.43. The topological polar surface area (TPSA) is 56.2 Å². The van der Waals surface area contributed by atoms with Crippen molar-refractivity contribution in [3.8, 4) is 11.4 Å². The fourth-order valence-corrected chi connectivity index (χ4v) is 3.05. The summed E-state index contributed by atoms with van der Waals surface area (Å²) in [5.41, 5.74) is 3.70. The first kappa shape index (κ1) is 15.4. The summed E-state index contributed by atoms with van der Waals surface area (Å²) in [5, 5.41) is 7.39. The van der Waals surface area contributed by atoms with Crippen LogP contribution in [0, 0.1) is 6.92 Å². The lowest BCUT2D eigenvalue weighted by Crippen LogP contribution is -2.32. The lowest BCUT2D eigenvalue weighted by atomic mass is 10.00. The Hall–Kier alpha value is -3.08. The van der Waals surface area contributed by atoms with E-state index in [1.54, 1.807) is 4.68 Å². The summed E-state index contributed by atoms with van der Waals surface area (Å²) in [6, 6.07) is 15.3. The van der Waals surface area contributed by atoms with Crippen molar-refractivity contribution in [2.45, 2.75) is 19.4 Å². The smallest absolute Gasteiger partial charge is 0.251 e. The molecule has 1 unspecified atom stereocenters. The number of amides is 1. The third-order valence-corrected chi connectivity index (χ3v) is 4.37. The van der Waals surface area contributed by atoms with Gasteiger partial charge in [0.1, 0.15) is 5.75 Å². The van der Waals surface area contributed by atoms with Crippen molar-refractivity contribution in [1.82, 2.24) is 15.1 Å². The van der Waals surface area contributed by atoms with Crippen molar-refractivity contribution < 1.29 is 9.53 Å². The molecule has 1 atom stereocenters. The highest BCUT2D eigenvalue weighted by molar-refractivity contribution is 5.94. The number of aromatic nitrogens is 2. The summed E-state index contributed by atoms with van der Waals surface area (Å²) in [7, 11) is 0. The number of carbonyl (C=O) groups is 1. The van der Waals surface area contributed by atoms with Gasteiger partial charge < -0.3 is 10.1 Å². The summed E-state index contributed by atoms with van der Waals surface area (Å²) < 4.78 is 7.44. The number of hydrogen-bond acceptors (Lipinski definition) is 3. The van der Waals surface area contributed by atoms with Gasteiger partial charge in [0.15, 0.2) is 0 Å². The van der Waals surface area contributed by atoms with E-state index in [2.05, 4.69) is 10.4 Å². The van der Waals surface area contributed by atoms with E-state index < -0.39 is 0 Å². The molecule has 4 rings (SSSR count). The molecule has 5 heteroatoms. The molecule has 0 saturated carbocycles. The number of nitrogens with zero attached hydrogens (tertiary/aromatic N) is 2. The molecule has 1 aliphatic rings. The number of rotatable bonds is 3. The van der Waals surface area contributed by atoms with Crippen LogP contribution < -0.4 is 10.1 Å². The van der Waals surface area contributed by atoms with Crippen molar-refractivity contribution in [3.63, 3.8) is 0 Å². The molecule has 2 aromatic carbocycles. The number of para-hydroxylation sites is 1. The molecule has 0 saturated heterocycles. The average Bonchev–Trinajstić information content (AvgIpc) is 3.08. The van der Waals surface area contributed by atoms with Crippen molar-refractivity contribution in [3.05, 3.63) is 77.6 Å². The van der Waals surface area contributed by atoms with Crippen LogP contribution >= 0.6 is 0 Å². The molecule has 3 aromatic rings. The third-order valence-electron chi connectivity index (χ3n) is 4.37. The molecular weight excluding hydrogens is 314 g/mol. The number of aryl methyl sites for hydroxylation is 1. The van der Waals surface area contributed by atoms with Crippen LogP contribution in [-0.4, -0.2) is 22.3 Å². The summed E-state index contributed by atoms with van der Waals surface area (Å²) in [6.45, 7) is 2.61. The van der Waals surface area contributed by atoms with Gasteiger partial charge in [0.05, 0.1) is 24.5 Å². The Morgan fingerprint density at radius 3 is 2.76 bits per heavy atom. The molecule has 0 radical (unpaired) electrons. The zero-order valence-electron chi connectivity index (χ0n) is 14.0. The van der Waals surface area contributed by atoms with Crippen LogP contribution in [-0.2, 0) is 0 Å². The van der Waals surface area contributed by atoms with Crippen molar-refractivity contribution in [2.75, 3.05) is 6.61 Å². The Kier molecular flexibility index (Phi) is 3.98. The summed E-state index contributed by atoms with van der Waals surface area (Å²) in [5.74, 6) is 0.772. The number of nitrogens with one attached hydrogen (secondary N) is 1. The van der Waals surface area contributed by atoms with Crippen molar-refractivity contribution >= 4 is 5.91 Å². The first-order valence-electron chi connectivity index (χ1n) is 8.35. The maximum absolute atomic E-state index is 12.6. The zero-order chi connectivity index (χ0) is 17.2. The van der Waals surface area contributed by atoms with Gasteiger partial charge in [-0.2, -0.15) is 5.10 Å². The van der Waals surface area contributed by atoms with E-state index in [0.717, 1.165) is 29.0 Å². The van der Waals surface area contributed by atoms with E-state index in [-0.39, 0.29) is 11.9 Å². The minimum atomic E-state index is -0.0788. The van der Waals surface area contributed by atoms with E-state index >= 15 is 0 Å². The minimum Gasteiger partial charge on any atom is -0.493 e. The largest absolute Gasteiger partial charge is 0.493 e. The molecule has 1 aliphatic heterocycles. The van der Waals surface area contributed by atoms with Crippen LogP contribution in [0.3, 0.4) is 0 Å². The summed E-state index contributed by atoms with van der Waals surface area (Å²) in [4.78, 5) is 12.6. The van der Waals surface area contributed by atoms with Crippen molar-refractivity contribution in [2.24, 2.45) is 0 Å². The van der Waals surface area contributed by atoms with Crippen LogP contribution in [0.25, 0.3) is 5.69 Å². The summed E-state index contributed by atoms with van der Waals surface area (Å²) >= 11 is 0. The monoisotopic (exact) mass is 333 g/mol. The van der Waals surface area contributed by atoms with E-state index in [4.69, 9.17) is 4.74 Å². The van der Waals surface area contributed by atoms with E-state index in [9.17, 15) is 4.79 Å². The molecule has 0 aliphatic carbocycles. The van der Waals surface area contributed by atoms with E-state index in [1.807, 2.05) is 67.8 Å². The normalized spacial score (nSPS) is 16.0. The van der Waals surface area contributed by atoms with Gasteiger partial charge in [0.2, 0.25) is 0 Å². The van der Waals surface area contributed by atoms with E-state index in [0.29, 0.717) is 12.2 Å². The van der Waals surface area contributed by atoms with E-state index in [1.165, 1.54) is 0 Å². The number of benzene rings is 2. The molecule has 0 spiro atoms. The first-order valence-corrected chi connectivity index (χ1v) is 8.35. The number of ether oxygens (including phenoxy) is 1. The van der Waals surface area contributed by atoms with Crippen molar-refractivity contribution in [1.29, 1.82) is 0 Å². The lowest BCUT2D eigenvalue weighted by Gasteiger charge is -2.26. The third kappa shape index (κ3) is 3.13. The van der Waals surface area contributed by atoms with Gasteiger partial charge in [-0.3, -0.25) is 4.79 Å². The molecular formula is C20H19N3O2. The molecule has 1 N–H and O–H groups in total. The van der Waals surface area contributed by atoms with Gasteiger partial charge in [0.25, 0.3) is 5.91 Å². The lowest BCUT2D eigenvalue weighted by molar-refractivity contribution is 0.0925. The maximum Gasteiger partial charge on any atom is 0.251 e. The second-order valence-corrected chi connectivity index (χ2v) is 6.21. The van der Waals surface area contributed by atoms with Gasteiger partial charge >= 0.3 is 0 Å². The molecule has 5 nitrogen and oxygen atoms in total. The van der Waals surface area contributed by atoms with Gasteiger partial charge in [-0.15, -0.1) is 0 Å². The number of carbonyl (C=O) groups excluding carboxylic acids is 1. The van der Waals surface area contributed by atoms with Gasteiger partial charge in [0, 0.05) is 23.7 Å². The maximum atomic E-state index is 12.6. The molecule has 1 aromatic heterocycles. The first-order chi connectivity index (χ1) is 12.2. The fourth-order valence-electron chi connectivity index (χ4n) is 3.05. The molecule has 0 fully saturated rings. The highest BCUT2D eigenvalue weighted by Gasteiger charge is 2.23. The zero-order valence-corrected chi connectivity index (χ0v) is 14.0. The van der Waals surface area contributed by atoms with Gasteiger partial charge in [-0.25, -0.2) is 4.68 Å². The van der Waals surface area contributed by atoms with Crippen LogP contribution in [0.1, 0.15) is 33.9 Å². The van der Waals surface area contributed by atoms with Gasteiger partial charge in [-0.1, -0.05) is 18.2 Å². The Morgan fingerprint density at radius 2 is 2.00 bits per heavy atom. The summed E-state index contributed by atoms with van der Waals surface area (Å²) in [6.07, 6.45) is 4.53. The Balaban J connectivity index is 1.50. The standard InChI is InChI=1S/C20H19N3O2/c1-14-12-21-23(13-14)16-8-6-15(7-9-16)20(24)22-18-10-11-25-19-5-3-2-4-17(18)19/h2-9,12-13,18H,10-11H2,1H3,(H,22,24). The Bertz CT molecular complexity index is 899. The molecule has 1 amide bonds. The Morgan fingerprint density at radius 1 is 1.20 bits per heavy atom. The number of fused-ring (bicyclic) bond motifs is 1. The molecule has 2 heterocycles. The predicted molar refractivity (Wildman–Crippen MR) is 95.1 cm³/mol. The quantitative estimate of drug-likeness (QED) is 0.799. The molecule has 0 bridgehead atoms. The number of hydrogen-bond donors (Lipinski definition) is 1. The Labute approximate surface area is 146 Å². The SMILES string of the molecule is Cc1cnn(-c2ccc(C(=O)NC3CCOc4ccccc43)cc2)c1. The predicted octanol–water partition coefficient (Wildman–Crippen LogP) is 3.43. The molecule has 25 heavy (non-hydrogen) atoms. The highest BCUT2D eigenvalue weighted by Crippen LogP contribution is 2.31. The van der Waals surface area contributed by atoms with Crippen LogP contribution in [0.4, 0.5) is 0 Å². The van der Waals surface area contributed by atoms with Gasteiger partial charge in [-0.05, 0) is 42.8 Å². The second-order valence-electron chi connectivity index (χ2n) is 6.21. The van der Waals surface area contributed by atoms with Crippen LogP contribution in [0.5, 0.6) is 5.75 Å². The molecule has 126 valence electrons. The van der Waals surface area contributed by atoms with Crippen LogP contribution in [0.2, 0.25) is 0 Å². The van der Waals surface area contributed by atoms with Crippen LogP contribution in [0.15, 0.2) is 60.9 Å². The minimum absolute atomic E-state index is 0.0223. The fraction of sp³-hybridized carbons (Fsp3) is 0.200.